The van der Waals surface area contributed by atoms with Crippen molar-refractivity contribution in [2.75, 3.05) is 21.1 Å². The van der Waals surface area contributed by atoms with Gasteiger partial charge >= 0.3 is 0 Å². The Labute approximate surface area is 68.9 Å². The van der Waals surface area contributed by atoms with Crippen LogP contribution in [0.5, 0.6) is 0 Å². The topological polar surface area (TPSA) is 15.6 Å². The standard InChI is InChI=1S/C9H16N2/c1-8(10-3)6-7-9(2)11(4)5/h6-7H,2H2,1,3-5H3/b7-6-,10-8-. The van der Waals surface area contributed by atoms with Crippen molar-refractivity contribution < 1.29 is 0 Å². The zero-order valence-electron chi connectivity index (χ0n) is 7.76. The van der Waals surface area contributed by atoms with Crippen molar-refractivity contribution in [3.63, 3.8) is 0 Å². The summed E-state index contributed by atoms with van der Waals surface area (Å²) in [5.41, 5.74) is 1.99. The molecule has 0 unspecified atom stereocenters. The first-order valence-electron chi connectivity index (χ1n) is 3.55. The fourth-order valence-corrected chi connectivity index (χ4v) is 0.440. The molecule has 0 N–H and O–H groups in total. The summed E-state index contributed by atoms with van der Waals surface area (Å²) in [5.74, 6) is 0. The molecule has 0 aromatic carbocycles. The van der Waals surface area contributed by atoms with E-state index in [1.54, 1.807) is 7.05 Å². The number of hydrogen-bond acceptors (Lipinski definition) is 2. The largest absolute Gasteiger partial charge is 0.378 e. The third kappa shape index (κ3) is 4.37. The average molecular weight is 152 g/mol. The van der Waals surface area contributed by atoms with Crippen LogP contribution in [0.1, 0.15) is 6.92 Å². The molecule has 0 saturated carbocycles. The number of rotatable bonds is 3. The van der Waals surface area contributed by atoms with Crippen molar-refractivity contribution in [1.82, 2.24) is 4.90 Å². The highest BCUT2D eigenvalue weighted by molar-refractivity contribution is 5.92. The summed E-state index contributed by atoms with van der Waals surface area (Å²) in [7, 11) is 5.70. The molecule has 62 valence electrons. The van der Waals surface area contributed by atoms with Crippen LogP contribution in [0.25, 0.3) is 0 Å². The highest BCUT2D eigenvalue weighted by Crippen LogP contribution is 1.95. The molecule has 0 amide bonds. The van der Waals surface area contributed by atoms with Crippen LogP contribution in [-0.2, 0) is 0 Å². The van der Waals surface area contributed by atoms with E-state index in [1.807, 2.05) is 38.1 Å². The SMILES string of the molecule is C=C(/C=C\C(C)=N/C)N(C)C. The second-order valence-electron chi connectivity index (χ2n) is 2.58. The molecule has 0 aromatic rings. The van der Waals surface area contributed by atoms with Crippen LogP contribution >= 0.6 is 0 Å². The van der Waals surface area contributed by atoms with Gasteiger partial charge in [0, 0.05) is 32.6 Å². The van der Waals surface area contributed by atoms with E-state index in [0.29, 0.717) is 0 Å². The zero-order valence-corrected chi connectivity index (χ0v) is 7.76. The third-order valence-corrected chi connectivity index (χ3v) is 1.44. The number of aliphatic imine (C=N–C) groups is 1. The van der Waals surface area contributed by atoms with Crippen LogP contribution in [0.3, 0.4) is 0 Å². The van der Waals surface area contributed by atoms with E-state index in [0.717, 1.165) is 11.4 Å². The predicted molar refractivity (Wildman–Crippen MR) is 51.0 cm³/mol. The Morgan fingerprint density at radius 3 is 2.27 bits per heavy atom. The van der Waals surface area contributed by atoms with Gasteiger partial charge in [0.25, 0.3) is 0 Å². The van der Waals surface area contributed by atoms with Gasteiger partial charge in [-0.15, -0.1) is 0 Å². The molecule has 0 atom stereocenters. The van der Waals surface area contributed by atoms with Crippen LogP contribution in [0, 0.1) is 0 Å². The molecule has 11 heavy (non-hydrogen) atoms. The second-order valence-corrected chi connectivity index (χ2v) is 2.58. The Balaban J connectivity index is 4.04. The van der Waals surface area contributed by atoms with E-state index in [-0.39, 0.29) is 0 Å². The average Bonchev–Trinajstić information content (AvgIpc) is 1.99. The van der Waals surface area contributed by atoms with E-state index < -0.39 is 0 Å². The van der Waals surface area contributed by atoms with Gasteiger partial charge in [0.15, 0.2) is 0 Å². The molecule has 0 aromatic heterocycles. The highest BCUT2D eigenvalue weighted by Gasteiger charge is 1.88. The molecule has 0 radical (unpaired) electrons. The van der Waals surface area contributed by atoms with Crippen molar-refractivity contribution in [1.29, 1.82) is 0 Å². The van der Waals surface area contributed by atoms with Gasteiger partial charge in [0.2, 0.25) is 0 Å². The van der Waals surface area contributed by atoms with E-state index in [4.69, 9.17) is 0 Å². The minimum absolute atomic E-state index is 0.980. The molecule has 2 nitrogen and oxygen atoms in total. The molecular formula is C9H16N2. The number of nitrogens with zero attached hydrogens (tertiary/aromatic N) is 2. The van der Waals surface area contributed by atoms with Gasteiger partial charge < -0.3 is 4.90 Å². The number of likely N-dealkylation sites (N-methyl/N-ethyl adjacent to an activating group) is 1. The van der Waals surface area contributed by atoms with E-state index >= 15 is 0 Å². The van der Waals surface area contributed by atoms with Crippen molar-refractivity contribution in [2.24, 2.45) is 4.99 Å². The lowest BCUT2D eigenvalue weighted by atomic mass is 10.3. The molecule has 0 aliphatic rings. The lowest BCUT2D eigenvalue weighted by Gasteiger charge is -2.10. The summed E-state index contributed by atoms with van der Waals surface area (Å²) in [5, 5.41) is 0. The molecule has 2 heteroatoms. The predicted octanol–water partition coefficient (Wildman–Crippen LogP) is 1.71. The van der Waals surface area contributed by atoms with E-state index in [9.17, 15) is 0 Å². The fraction of sp³-hybridized carbons (Fsp3) is 0.444. The number of allylic oxidation sites excluding steroid dienone is 2. The quantitative estimate of drug-likeness (QED) is 0.444. The molecule has 0 aliphatic heterocycles. The highest BCUT2D eigenvalue weighted by atomic mass is 15.1. The summed E-state index contributed by atoms with van der Waals surface area (Å²) >= 11 is 0. The van der Waals surface area contributed by atoms with Gasteiger partial charge in [-0.05, 0) is 19.1 Å². The maximum atomic E-state index is 3.99. The Morgan fingerprint density at radius 2 is 1.91 bits per heavy atom. The first-order valence-corrected chi connectivity index (χ1v) is 3.55. The lowest BCUT2D eigenvalue weighted by Crippen LogP contribution is -2.07. The number of hydrogen-bond donors (Lipinski definition) is 0. The second kappa shape index (κ2) is 4.72. The summed E-state index contributed by atoms with van der Waals surface area (Å²) in [6.45, 7) is 5.80. The molecule has 0 bridgehead atoms. The van der Waals surface area contributed by atoms with Crippen LogP contribution in [-0.4, -0.2) is 31.8 Å². The molecule has 0 rings (SSSR count). The molecule has 0 saturated heterocycles. The smallest absolute Gasteiger partial charge is 0.0314 e. The maximum absolute atomic E-state index is 3.99. The first-order chi connectivity index (χ1) is 5.07. The van der Waals surface area contributed by atoms with Gasteiger partial charge in [0.05, 0.1) is 0 Å². The molecule has 0 aliphatic carbocycles. The van der Waals surface area contributed by atoms with Crippen LogP contribution in [0.15, 0.2) is 29.4 Å². The normalized spacial score (nSPS) is 12.2. The van der Waals surface area contributed by atoms with Crippen LogP contribution < -0.4 is 0 Å². The maximum Gasteiger partial charge on any atom is 0.0314 e. The Hall–Kier alpha value is -1.05. The molecule has 0 spiro atoms. The fourth-order valence-electron chi connectivity index (χ4n) is 0.440. The minimum atomic E-state index is 0.980. The zero-order chi connectivity index (χ0) is 8.85. The summed E-state index contributed by atoms with van der Waals surface area (Å²) in [6.07, 6.45) is 3.89. The van der Waals surface area contributed by atoms with E-state index in [2.05, 4.69) is 11.6 Å². The monoisotopic (exact) mass is 152 g/mol. The third-order valence-electron chi connectivity index (χ3n) is 1.44. The Bertz CT molecular complexity index is 188. The van der Waals surface area contributed by atoms with Crippen LogP contribution in [0.2, 0.25) is 0 Å². The van der Waals surface area contributed by atoms with Crippen molar-refractivity contribution in [3.8, 4) is 0 Å². The molecule has 0 fully saturated rings. The van der Waals surface area contributed by atoms with Gasteiger partial charge in [0.1, 0.15) is 0 Å². The van der Waals surface area contributed by atoms with Crippen molar-refractivity contribution in [3.05, 3.63) is 24.4 Å². The Morgan fingerprint density at radius 1 is 1.36 bits per heavy atom. The van der Waals surface area contributed by atoms with Crippen molar-refractivity contribution in [2.45, 2.75) is 6.92 Å². The lowest BCUT2D eigenvalue weighted by molar-refractivity contribution is 0.532. The molecule has 0 heterocycles. The summed E-state index contributed by atoms with van der Waals surface area (Å²) in [6, 6.07) is 0. The summed E-state index contributed by atoms with van der Waals surface area (Å²) < 4.78 is 0. The summed E-state index contributed by atoms with van der Waals surface area (Å²) in [4.78, 5) is 5.95. The Kier molecular flexibility index (Phi) is 4.27. The van der Waals surface area contributed by atoms with Gasteiger partial charge in [-0.25, -0.2) is 0 Å². The minimum Gasteiger partial charge on any atom is -0.378 e. The van der Waals surface area contributed by atoms with Gasteiger partial charge in [-0.1, -0.05) is 6.58 Å². The first kappa shape index (κ1) is 9.95. The van der Waals surface area contributed by atoms with Gasteiger partial charge in [-0.2, -0.15) is 0 Å². The van der Waals surface area contributed by atoms with E-state index in [1.165, 1.54) is 0 Å². The van der Waals surface area contributed by atoms with Crippen LogP contribution in [0.4, 0.5) is 0 Å². The van der Waals surface area contributed by atoms with Crippen molar-refractivity contribution >= 4 is 5.71 Å². The van der Waals surface area contributed by atoms with Gasteiger partial charge in [-0.3, -0.25) is 4.99 Å². The molecular weight excluding hydrogens is 136 g/mol.